The summed E-state index contributed by atoms with van der Waals surface area (Å²) >= 11 is 0. The summed E-state index contributed by atoms with van der Waals surface area (Å²) in [7, 11) is 0. The summed E-state index contributed by atoms with van der Waals surface area (Å²) in [6.07, 6.45) is 0. The van der Waals surface area contributed by atoms with Crippen molar-refractivity contribution in [3.05, 3.63) is 70.8 Å². The van der Waals surface area contributed by atoms with E-state index in [-0.39, 0.29) is 5.56 Å². The van der Waals surface area contributed by atoms with Crippen LogP contribution >= 0.6 is 0 Å². The third kappa shape index (κ3) is 2.36. The number of rotatable bonds is 2. The topological polar surface area (TPSA) is 26.0 Å². The molecule has 1 atom stereocenters. The molecule has 0 saturated heterocycles. The molecule has 1 unspecified atom stereocenters. The molecule has 0 aliphatic carbocycles. The summed E-state index contributed by atoms with van der Waals surface area (Å²) in [6.45, 7) is 0. The van der Waals surface area contributed by atoms with Gasteiger partial charge in [-0.1, -0.05) is 6.07 Å². The minimum atomic E-state index is -1.27. The van der Waals surface area contributed by atoms with E-state index in [1.54, 1.807) is 0 Å². The molecule has 0 heterocycles. The Morgan fingerprint density at radius 1 is 0.833 bits per heavy atom. The van der Waals surface area contributed by atoms with Crippen LogP contribution in [0.1, 0.15) is 17.2 Å². The molecule has 2 aromatic carbocycles. The molecule has 18 heavy (non-hydrogen) atoms. The lowest BCUT2D eigenvalue weighted by Gasteiger charge is -2.14. The SMILES string of the molecule is NC(c1cc(F)cc(F)c1)c1c(F)cccc1F. The van der Waals surface area contributed by atoms with E-state index in [1.165, 1.54) is 6.07 Å². The molecule has 0 fully saturated rings. The van der Waals surface area contributed by atoms with Gasteiger partial charge in [0.15, 0.2) is 0 Å². The van der Waals surface area contributed by atoms with Crippen molar-refractivity contribution in [2.75, 3.05) is 0 Å². The van der Waals surface area contributed by atoms with Crippen molar-refractivity contribution < 1.29 is 17.6 Å². The maximum absolute atomic E-state index is 13.5. The molecular formula is C13H9F4N. The lowest BCUT2D eigenvalue weighted by Crippen LogP contribution is -2.16. The minimum Gasteiger partial charge on any atom is -0.320 e. The average molecular weight is 255 g/mol. The zero-order chi connectivity index (χ0) is 13.3. The van der Waals surface area contributed by atoms with Gasteiger partial charge in [0.1, 0.15) is 23.3 Å². The molecule has 0 amide bonds. The highest BCUT2D eigenvalue weighted by Crippen LogP contribution is 2.25. The molecule has 5 heteroatoms. The number of hydrogen-bond donors (Lipinski definition) is 1. The van der Waals surface area contributed by atoms with Gasteiger partial charge >= 0.3 is 0 Å². The van der Waals surface area contributed by atoms with Gasteiger partial charge in [-0.05, 0) is 29.8 Å². The van der Waals surface area contributed by atoms with E-state index in [1.807, 2.05) is 0 Å². The van der Waals surface area contributed by atoms with Gasteiger partial charge in [-0.3, -0.25) is 0 Å². The van der Waals surface area contributed by atoms with Crippen LogP contribution in [0.25, 0.3) is 0 Å². The lowest BCUT2D eigenvalue weighted by molar-refractivity contribution is 0.538. The molecule has 2 N–H and O–H groups in total. The van der Waals surface area contributed by atoms with Crippen molar-refractivity contribution in [2.45, 2.75) is 6.04 Å². The van der Waals surface area contributed by atoms with Crippen LogP contribution in [0.3, 0.4) is 0 Å². The predicted octanol–water partition coefficient (Wildman–Crippen LogP) is 3.29. The molecule has 2 aromatic rings. The van der Waals surface area contributed by atoms with Gasteiger partial charge < -0.3 is 5.73 Å². The summed E-state index contributed by atoms with van der Waals surface area (Å²) in [6, 6.07) is 4.54. The Hall–Kier alpha value is -1.88. The summed E-state index contributed by atoms with van der Waals surface area (Å²) < 4.78 is 53.0. The van der Waals surface area contributed by atoms with Crippen LogP contribution in [0.15, 0.2) is 36.4 Å². The maximum atomic E-state index is 13.5. The number of halogens is 4. The van der Waals surface area contributed by atoms with Gasteiger partial charge in [-0.25, -0.2) is 17.6 Å². The van der Waals surface area contributed by atoms with Gasteiger partial charge in [0, 0.05) is 11.6 Å². The molecule has 0 bridgehead atoms. The second-order valence-corrected chi connectivity index (χ2v) is 3.82. The fourth-order valence-corrected chi connectivity index (χ4v) is 1.73. The highest BCUT2D eigenvalue weighted by atomic mass is 19.1. The first-order valence-corrected chi connectivity index (χ1v) is 5.14. The largest absolute Gasteiger partial charge is 0.320 e. The summed E-state index contributed by atoms with van der Waals surface area (Å²) in [4.78, 5) is 0. The second kappa shape index (κ2) is 4.78. The Morgan fingerprint density at radius 2 is 1.33 bits per heavy atom. The van der Waals surface area contributed by atoms with E-state index in [0.29, 0.717) is 6.07 Å². The number of benzene rings is 2. The highest BCUT2D eigenvalue weighted by molar-refractivity contribution is 5.33. The second-order valence-electron chi connectivity index (χ2n) is 3.82. The molecule has 0 radical (unpaired) electrons. The van der Waals surface area contributed by atoms with Crippen molar-refractivity contribution in [3.63, 3.8) is 0 Å². The Kier molecular flexibility index (Phi) is 3.34. The first-order chi connectivity index (χ1) is 8.49. The molecule has 0 aliphatic rings. The van der Waals surface area contributed by atoms with Crippen LogP contribution in [0, 0.1) is 23.3 Å². The van der Waals surface area contributed by atoms with Crippen LogP contribution in [0.4, 0.5) is 17.6 Å². The van der Waals surface area contributed by atoms with Gasteiger partial charge in [0.25, 0.3) is 0 Å². The van der Waals surface area contributed by atoms with Crippen LogP contribution in [0.2, 0.25) is 0 Å². The standard InChI is InChI=1S/C13H9F4N/c14-8-4-7(5-9(15)6-8)13(18)12-10(16)2-1-3-11(12)17/h1-6,13H,18H2. The molecule has 0 spiro atoms. The van der Waals surface area contributed by atoms with Crippen molar-refractivity contribution in [2.24, 2.45) is 5.73 Å². The average Bonchev–Trinajstić information content (AvgIpc) is 2.27. The lowest BCUT2D eigenvalue weighted by atomic mass is 9.98. The summed E-state index contributed by atoms with van der Waals surface area (Å²) in [5, 5.41) is 0. The monoisotopic (exact) mass is 255 g/mol. The number of hydrogen-bond acceptors (Lipinski definition) is 1. The number of nitrogens with two attached hydrogens (primary N) is 1. The van der Waals surface area contributed by atoms with Gasteiger partial charge in [-0.2, -0.15) is 0 Å². The first kappa shape index (κ1) is 12.6. The quantitative estimate of drug-likeness (QED) is 0.819. The van der Waals surface area contributed by atoms with E-state index in [0.717, 1.165) is 24.3 Å². The molecular weight excluding hydrogens is 246 g/mol. The zero-order valence-corrected chi connectivity index (χ0v) is 9.13. The maximum Gasteiger partial charge on any atom is 0.131 e. The Balaban J connectivity index is 2.51. The highest BCUT2D eigenvalue weighted by Gasteiger charge is 2.19. The minimum absolute atomic E-state index is 0.0310. The zero-order valence-electron chi connectivity index (χ0n) is 9.13. The third-order valence-corrected chi connectivity index (χ3v) is 2.55. The van der Waals surface area contributed by atoms with Crippen molar-refractivity contribution in [1.82, 2.24) is 0 Å². The molecule has 1 nitrogen and oxygen atoms in total. The van der Waals surface area contributed by atoms with Crippen molar-refractivity contribution in [1.29, 1.82) is 0 Å². The van der Waals surface area contributed by atoms with Crippen molar-refractivity contribution >= 4 is 0 Å². The van der Waals surface area contributed by atoms with Crippen LogP contribution in [-0.4, -0.2) is 0 Å². The van der Waals surface area contributed by atoms with Crippen LogP contribution in [0.5, 0.6) is 0 Å². The van der Waals surface area contributed by atoms with Crippen LogP contribution < -0.4 is 5.73 Å². The predicted molar refractivity (Wildman–Crippen MR) is 58.7 cm³/mol. The van der Waals surface area contributed by atoms with E-state index >= 15 is 0 Å². The Labute approximate surface area is 101 Å². The van der Waals surface area contributed by atoms with Gasteiger partial charge in [0.2, 0.25) is 0 Å². The van der Waals surface area contributed by atoms with E-state index in [4.69, 9.17) is 5.73 Å². The van der Waals surface area contributed by atoms with Crippen LogP contribution in [-0.2, 0) is 0 Å². The molecule has 0 saturated carbocycles. The molecule has 0 aromatic heterocycles. The molecule has 2 rings (SSSR count). The van der Waals surface area contributed by atoms with Crippen molar-refractivity contribution in [3.8, 4) is 0 Å². The van der Waals surface area contributed by atoms with Gasteiger partial charge in [0.05, 0.1) is 6.04 Å². The fraction of sp³-hybridized carbons (Fsp3) is 0.0769. The first-order valence-electron chi connectivity index (χ1n) is 5.14. The fourth-order valence-electron chi connectivity index (χ4n) is 1.73. The van der Waals surface area contributed by atoms with E-state index in [2.05, 4.69) is 0 Å². The third-order valence-electron chi connectivity index (χ3n) is 2.55. The summed E-state index contributed by atoms with van der Waals surface area (Å²) in [5.41, 5.74) is 5.20. The van der Waals surface area contributed by atoms with Gasteiger partial charge in [-0.15, -0.1) is 0 Å². The Morgan fingerprint density at radius 3 is 1.83 bits per heavy atom. The Bertz CT molecular complexity index is 543. The summed E-state index contributed by atoms with van der Waals surface area (Å²) in [5.74, 6) is -3.41. The molecule has 0 aliphatic heterocycles. The normalized spacial score (nSPS) is 12.5. The molecule has 94 valence electrons. The van der Waals surface area contributed by atoms with E-state index in [9.17, 15) is 17.6 Å². The van der Waals surface area contributed by atoms with E-state index < -0.39 is 34.9 Å². The smallest absolute Gasteiger partial charge is 0.131 e.